The number of rotatable bonds is 6. The number of carbonyl (C=O) groups is 2. The zero-order valence-electron chi connectivity index (χ0n) is 16.7. The third-order valence-electron chi connectivity index (χ3n) is 4.61. The number of amides is 1. The highest BCUT2D eigenvalue weighted by molar-refractivity contribution is 9.15. The van der Waals surface area contributed by atoms with Crippen LogP contribution < -0.4 is 5.32 Å². The van der Waals surface area contributed by atoms with E-state index in [1.807, 2.05) is 36.4 Å². The monoisotopic (exact) mass is 766 g/mol. The van der Waals surface area contributed by atoms with Crippen molar-refractivity contribution in [2.24, 2.45) is 0 Å². The highest BCUT2D eigenvalue weighted by atomic mass is 79.9. The average Bonchev–Trinajstić information content (AvgIpc) is 3.21. The number of nitrogens with one attached hydrogen (secondary N) is 1. The van der Waals surface area contributed by atoms with Gasteiger partial charge in [-0.25, -0.2) is 9.78 Å². The fourth-order valence-electron chi connectivity index (χ4n) is 3.01. The van der Waals surface area contributed by atoms with Crippen LogP contribution in [-0.2, 0) is 5.75 Å². The number of aromatic carboxylic acids is 1. The first-order valence-electron chi connectivity index (χ1n) is 9.34. The van der Waals surface area contributed by atoms with Crippen molar-refractivity contribution in [3.05, 3.63) is 82.1 Å². The van der Waals surface area contributed by atoms with Gasteiger partial charge in [0.15, 0.2) is 4.34 Å². The summed E-state index contributed by atoms with van der Waals surface area (Å²) >= 11 is 22.4. The van der Waals surface area contributed by atoms with Gasteiger partial charge in [0.2, 0.25) is 0 Å². The van der Waals surface area contributed by atoms with Crippen molar-refractivity contribution in [1.29, 1.82) is 0 Å². The van der Waals surface area contributed by atoms with Crippen molar-refractivity contribution in [2.45, 2.75) is 10.1 Å². The molecule has 1 heterocycles. The number of benzene rings is 3. The average molecular weight is 771 g/mol. The first-order valence-corrected chi connectivity index (χ1v) is 14.7. The third kappa shape index (κ3) is 5.55. The Bertz CT molecular complexity index is 1440. The fourth-order valence-corrected chi connectivity index (χ4v) is 7.67. The molecule has 34 heavy (non-hydrogen) atoms. The van der Waals surface area contributed by atoms with Crippen LogP contribution in [0.5, 0.6) is 0 Å². The minimum Gasteiger partial charge on any atom is -0.478 e. The summed E-state index contributed by atoms with van der Waals surface area (Å²) in [5, 5.41) is 13.2. The maximum atomic E-state index is 13.1. The number of hydrogen-bond acceptors (Lipinski definition) is 5. The molecule has 12 heteroatoms. The molecular weight excluding hydrogens is 759 g/mol. The molecule has 0 aliphatic rings. The molecule has 1 aromatic heterocycles. The second-order valence-corrected chi connectivity index (χ2v) is 12.7. The largest absolute Gasteiger partial charge is 0.478 e. The minimum absolute atomic E-state index is 0.00180. The molecule has 174 valence electrons. The summed E-state index contributed by atoms with van der Waals surface area (Å²) in [4.78, 5) is 29.7. The lowest BCUT2D eigenvalue weighted by Crippen LogP contribution is -2.18. The van der Waals surface area contributed by atoms with Crippen LogP contribution in [-0.4, -0.2) is 22.0 Å². The zero-order valence-corrected chi connectivity index (χ0v) is 25.4. The molecule has 0 unspecified atom stereocenters. The van der Waals surface area contributed by atoms with Gasteiger partial charge in [-0.15, -0.1) is 11.3 Å². The quantitative estimate of drug-likeness (QED) is 0.116. The smallest absolute Gasteiger partial charge is 0.337 e. The summed E-state index contributed by atoms with van der Waals surface area (Å²) in [5.41, 5.74) is 2.35. The summed E-state index contributed by atoms with van der Waals surface area (Å²) in [6.07, 6.45) is 0. The van der Waals surface area contributed by atoms with Crippen molar-refractivity contribution in [2.75, 3.05) is 5.32 Å². The van der Waals surface area contributed by atoms with E-state index >= 15 is 0 Å². The van der Waals surface area contributed by atoms with E-state index in [2.05, 4.69) is 74.0 Å². The maximum Gasteiger partial charge on any atom is 0.337 e. The number of anilines is 1. The number of hydrogen-bond donors (Lipinski definition) is 2. The number of thiazole rings is 1. The predicted octanol–water partition coefficient (Wildman–Crippen LogP) is 9.24. The molecule has 0 aliphatic carbocycles. The lowest BCUT2D eigenvalue weighted by Gasteiger charge is -2.14. The Morgan fingerprint density at radius 1 is 0.971 bits per heavy atom. The normalized spacial score (nSPS) is 11.1. The first-order chi connectivity index (χ1) is 16.2. The predicted molar refractivity (Wildman–Crippen MR) is 153 cm³/mol. The molecule has 4 aromatic rings. The van der Waals surface area contributed by atoms with Crippen LogP contribution in [0.15, 0.2) is 64.7 Å². The van der Waals surface area contributed by atoms with E-state index in [0.29, 0.717) is 24.1 Å². The van der Waals surface area contributed by atoms with E-state index in [4.69, 9.17) is 11.6 Å². The van der Waals surface area contributed by atoms with E-state index < -0.39 is 11.9 Å². The van der Waals surface area contributed by atoms with Crippen molar-refractivity contribution >= 4 is 126 Å². The van der Waals surface area contributed by atoms with Gasteiger partial charge in [-0.05, 0) is 99.6 Å². The standard InChI is InChI=1S/C22H11Br4ClN2O3S2/c23-16-14(15(21(31)32)17(24)19(26)18(16)25)20(30)28-11-5-6-12-13(7-11)34-22(29-12)33-8-9-1-3-10(27)4-2-9/h1-7H,8H2,(H,28,30)(H,31,32). The van der Waals surface area contributed by atoms with Crippen molar-refractivity contribution < 1.29 is 14.7 Å². The van der Waals surface area contributed by atoms with Crippen molar-refractivity contribution in [3.8, 4) is 0 Å². The van der Waals surface area contributed by atoms with Gasteiger partial charge in [-0.1, -0.05) is 35.5 Å². The Hall–Kier alpha value is -0.950. The number of aromatic nitrogens is 1. The summed E-state index contributed by atoms with van der Waals surface area (Å²) < 4.78 is 3.42. The molecule has 0 radical (unpaired) electrons. The first kappa shape index (κ1) is 26.1. The molecule has 2 N–H and O–H groups in total. The van der Waals surface area contributed by atoms with E-state index in [-0.39, 0.29) is 15.6 Å². The molecule has 0 fully saturated rings. The summed E-state index contributed by atoms with van der Waals surface area (Å²) in [6, 6.07) is 13.1. The van der Waals surface area contributed by atoms with Crippen molar-refractivity contribution in [1.82, 2.24) is 4.98 Å². The molecule has 3 aromatic carbocycles. The molecule has 0 bridgehead atoms. The Kier molecular flexibility index (Phi) is 8.44. The Labute approximate surface area is 241 Å². The van der Waals surface area contributed by atoms with Gasteiger partial charge in [-0.3, -0.25) is 4.79 Å². The highest BCUT2D eigenvalue weighted by Crippen LogP contribution is 2.42. The summed E-state index contributed by atoms with van der Waals surface area (Å²) in [7, 11) is 0. The summed E-state index contributed by atoms with van der Waals surface area (Å²) in [6.45, 7) is 0. The Morgan fingerprint density at radius 2 is 1.62 bits per heavy atom. The Morgan fingerprint density at radius 3 is 2.26 bits per heavy atom. The van der Waals surface area contributed by atoms with Gasteiger partial charge in [-0.2, -0.15) is 0 Å². The van der Waals surface area contributed by atoms with E-state index in [0.717, 1.165) is 25.9 Å². The molecule has 4 rings (SSSR count). The summed E-state index contributed by atoms with van der Waals surface area (Å²) in [5.74, 6) is -1.02. The van der Waals surface area contributed by atoms with Crippen LogP contribution in [0.1, 0.15) is 26.3 Å². The molecular formula is C22H11Br4ClN2O3S2. The number of carboxylic acid groups (broad SMARTS) is 1. The molecule has 1 amide bonds. The number of halogens is 5. The second-order valence-electron chi connectivity index (χ2n) is 6.84. The van der Waals surface area contributed by atoms with Crippen LogP contribution in [0, 0.1) is 0 Å². The number of carboxylic acids is 1. The van der Waals surface area contributed by atoms with Gasteiger partial charge in [0, 0.05) is 34.4 Å². The second kappa shape index (κ2) is 11.0. The topological polar surface area (TPSA) is 79.3 Å². The molecule has 0 spiro atoms. The van der Waals surface area contributed by atoms with Gasteiger partial charge in [0.1, 0.15) is 0 Å². The fraction of sp³-hybridized carbons (Fsp3) is 0.0455. The molecule has 0 saturated carbocycles. The van der Waals surface area contributed by atoms with Crippen LogP contribution in [0.2, 0.25) is 5.02 Å². The SMILES string of the molecule is O=C(O)c1c(Br)c(Br)c(Br)c(Br)c1C(=O)Nc1ccc2nc(SCc3ccc(Cl)cc3)sc2c1. The molecule has 0 atom stereocenters. The number of nitrogens with zero attached hydrogens (tertiary/aromatic N) is 1. The molecule has 0 aliphatic heterocycles. The van der Waals surface area contributed by atoms with Gasteiger partial charge < -0.3 is 10.4 Å². The van der Waals surface area contributed by atoms with Crippen LogP contribution in [0.25, 0.3) is 10.2 Å². The molecule has 0 saturated heterocycles. The van der Waals surface area contributed by atoms with Gasteiger partial charge >= 0.3 is 5.97 Å². The van der Waals surface area contributed by atoms with Crippen LogP contribution >= 0.6 is 98.4 Å². The van der Waals surface area contributed by atoms with Crippen molar-refractivity contribution in [3.63, 3.8) is 0 Å². The maximum absolute atomic E-state index is 13.1. The minimum atomic E-state index is -1.23. The number of carbonyl (C=O) groups excluding carboxylic acids is 1. The van der Waals surface area contributed by atoms with Crippen LogP contribution in [0.4, 0.5) is 5.69 Å². The van der Waals surface area contributed by atoms with Gasteiger partial charge in [0.25, 0.3) is 5.91 Å². The van der Waals surface area contributed by atoms with E-state index in [1.54, 1.807) is 17.8 Å². The van der Waals surface area contributed by atoms with Crippen LogP contribution in [0.3, 0.4) is 0 Å². The Balaban J connectivity index is 1.58. The van der Waals surface area contributed by atoms with E-state index in [1.165, 1.54) is 11.3 Å². The number of fused-ring (bicyclic) bond motifs is 1. The zero-order chi connectivity index (χ0) is 24.6. The number of thioether (sulfide) groups is 1. The third-order valence-corrected chi connectivity index (χ3v) is 11.9. The van der Waals surface area contributed by atoms with Gasteiger partial charge in [0.05, 0.1) is 21.3 Å². The molecule has 5 nitrogen and oxygen atoms in total. The highest BCUT2D eigenvalue weighted by Gasteiger charge is 2.28. The lowest BCUT2D eigenvalue weighted by atomic mass is 10.1. The van der Waals surface area contributed by atoms with E-state index in [9.17, 15) is 14.7 Å². The lowest BCUT2D eigenvalue weighted by molar-refractivity contribution is 0.0691.